The molecule has 0 radical (unpaired) electrons. The summed E-state index contributed by atoms with van der Waals surface area (Å²) in [6.07, 6.45) is 30.7. The van der Waals surface area contributed by atoms with E-state index in [1.807, 2.05) is 0 Å². The number of carbonyl (C=O) groups is 1. The number of hydrogen-bond donors (Lipinski definition) is 0. The largest absolute Gasteiger partial charge is 0.461 e. The van der Waals surface area contributed by atoms with Gasteiger partial charge in [-0.3, -0.25) is 4.79 Å². The topological polar surface area (TPSA) is 26.3 Å². The minimum atomic E-state index is -0.0464. The molecule has 0 atom stereocenters. The Morgan fingerprint density at radius 2 is 0.944 bits per heavy atom. The molecule has 0 saturated carbocycles. The fourth-order valence-electron chi connectivity index (χ4n) is 4.27. The second kappa shape index (κ2) is 25.1. The summed E-state index contributed by atoms with van der Waals surface area (Å²) in [6, 6.07) is 0. The SMILES string of the molecule is CCCCCCCCCCCCCC(=O)OCC=C(C)CCC=C(C)CCC=C(C)CCC=C(C)C. The van der Waals surface area contributed by atoms with E-state index >= 15 is 0 Å². The van der Waals surface area contributed by atoms with E-state index in [-0.39, 0.29) is 5.97 Å². The van der Waals surface area contributed by atoms with Crippen molar-refractivity contribution in [1.29, 1.82) is 0 Å². The van der Waals surface area contributed by atoms with Crippen molar-refractivity contribution < 1.29 is 9.53 Å². The first-order valence-corrected chi connectivity index (χ1v) is 15.1. The maximum Gasteiger partial charge on any atom is 0.306 e. The highest BCUT2D eigenvalue weighted by Crippen LogP contribution is 2.14. The summed E-state index contributed by atoms with van der Waals surface area (Å²) in [5.41, 5.74) is 5.67. The van der Waals surface area contributed by atoms with Gasteiger partial charge in [0.2, 0.25) is 0 Å². The highest BCUT2D eigenvalue weighted by Gasteiger charge is 2.02. The molecule has 0 N–H and O–H groups in total. The van der Waals surface area contributed by atoms with Gasteiger partial charge in [-0.25, -0.2) is 0 Å². The molecule has 0 rings (SSSR count). The lowest BCUT2D eigenvalue weighted by atomic mass is 10.0. The summed E-state index contributed by atoms with van der Waals surface area (Å²) >= 11 is 0. The number of hydrogen-bond acceptors (Lipinski definition) is 2. The maximum atomic E-state index is 12.0. The van der Waals surface area contributed by atoms with E-state index in [2.05, 4.69) is 65.8 Å². The Hall–Kier alpha value is -1.57. The van der Waals surface area contributed by atoms with E-state index in [1.165, 1.54) is 86.5 Å². The van der Waals surface area contributed by atoms with Crippen LogP contribution in [-0.2, 0) is 9.53 Å². The van der Waals surface area contributed by atoms with Gasteiger partial charge >= 0.3 is 5.97 Å². The molecule has 36 heavy (non-hydrogen) atoms. The zero-order valence-corrected chi connectivity index (χ0v) is 25.1. The molecule has 0 saturated heterocycles. The highest BCUT2D eigenvalue weighted by molar-refractivity contribution is 5.69. The third kappa shape index (κ3) is 25.5. The number of rotatable bonds is 23. The molecule has 0 aromatic carbocycles. The van der Waals surface area contributed by atoms with Gasteiger partial charge in [0, 0.05) is 6.42 Å². The minimum Gasteiger partial charge on any atom is -0.461 e. The van der Waals surface area contributed by atoms with Crippen molar-refractivity contribution in [3.63, 3.8) is 0 Å². The first kappa shape index (κ1) is 34.4. The van der Waals surface area contributed by atoms with E-state index in [0.29, 0.717) is 13.0 Å². The molecular weight excluding hydrogens is 440 g/mol. The molecule has 0 aliphatic carbocycles. The molecular formula is C34H60O2. The van der Waals surface area contributed by atoms with Crippen LogP contribution in [0.2, 0.25) is 0 Å². The molecule has 0 spiro atoms. The molecule has 0 amide bonds. The normalized spacial score (nSPS) is 12.7. The van der Waals surface area contributed by atoms with E-state index in [4.69, 9.17) is 4.74 Å². The van der Waals surface area contributed by atoms with Crippen LogP contribution in [0.25, 0.3) is 0 Å². The maximum absolute atomic E-state index is 12.0. The molecule has 0 heterocycles. The Bertz CT molecular complexity index is 659. The van der Waals surface area contributed by atoms with Gasteiger partial charge in [0.15, 0.2) is 0 Å². The van der Waals surface area contributed by atoms with Crippen LogP contribution in [-0.4, -0.2) is 12.6 Å². The second-order valence-electron chi connectivity index (χ2n) is 11.0. The summed E-state index contributed by atoms with van der Waals surface area (Å²) in [4.78, 5) is 12.0. The van der Waals surface area contributed by atoms with Crippen molar-refractivity contribution in [3.05, 3.63) is 46.6 Å². The lowest BCUT2D eigenvalue weighted by Gasteiger charge is -2.05. The summed E-state index contributed by atoms with van der Waals surface area (Å²) in [5, 5.41) is 0. The van der Waals surface area contributed by atoms with Crippen molar-refractivity contribution in [2.75, 3.05) is 6.61 Å². The highest BCUT2D eigenvalue weighted by atomic mass is 16.5. The molecule has 0 fully saturated rings. The van der Waals surface area contributed by atoms with E-state index in [0.717, 1.165) is 44.9 Å². The molecule has 0 aliphatic rings. The van der Waals surface area contributed by atoms with Crippen molar-refractivity contribution in [3.8, 4) is 0 Å². The third-order valence-electron chi connectivity index (χ3n) is 6.81. The average molecular weight is 501 g/mol. The Morgan fingerprint density at radius 3 is 1.42 bits per heavy atom. The van der Waals surface area contributed by atoms with Gasteiger partial charge in [-0.15, -0.1) is 0 Å². The fraction of sp³-hybridized carbons (Fsp3) is 0.735. The molecule has 0 aromatic rings. The van der Waals surface area contributed by atoms with Gasteiger partial charge in [-0.1, -0.05) is 112 Å². The molecule has 0 bridgehead atoms. The molecule has 0 unspecified atom stereocenters. The molecule has 0 aliphatic heterocycles. The monoisotopic (exact) mass is 500 g/mol. The number of ether oxygens (including phenoxy) is 1. The van der Waals surface area contributed by atoms with Crippen molar-refractivity contribution in [2.24, 2.45) is 0 Å². The quantitative estimate of drug-likeness (QED) is 0.0792. The lowest BCUT2D eigenvalue weighted by Crippen LogP contribution is -2.04. The second-order valence-corrected chi connectivity index (χ2v) is 11.0. The van der Waals surface area contributed by atoms with E-state index < -0.39 is 0 Å². The van der Waals surface area contributed by atoms with Gasteiger partial charge in [-0.05, 0) is 85.6 Å². The summed E-state index contributed by atoms with van der Waals surface area (Å²) in [6.45, 7) is 13.6. The molecule has 0 aromatic heterocycles. The Morgan fingerprint density at radius 1 is 0.528 bits per heavy atom. The first-order valence-electron chi connectivity index (χ1n) is 15.1. The molecule has 208 valence electrons. The predicted octanol–water partition coefficient (Wildman–Crippen LogP) is 11.4. The zero-order valence-electron chi connectivity index (χ0n) is 25.1. The van der Waals surface area contributed by atoms with Crippen LogP contribution in [0.3, 0.4) is 0 Å². The van der Waals surface area contributed by atoms with Gasteiger partial charge in [-0.2, -0.15) is 0 Å². The average Bonchev–Trinajstić information content (AvgIpc) is 2.82. The Labute approximate surface area is 225 Å². The van der Waals surface area contributed by atoms with Gasteiger partial charge in [0.25, 0.3) is 0 Å². The van der Waals surface area contributed by atoms with Crippen molar-refractivity contribution in [2.45, 2.75) is 157 Å². The standard InChI is InChI=1S/C34H60O2/c1-7-8-9-10-11-12-13-14-15-16-17-27-34(35)36-29-28-33(6)26-20-25-32(5)24-19-23-31(4)22-18-21-30(2)3/h21,23,25,28H,7-20,22,24,26-27,29H2,1-6H3. The van der Waals surface area contributed by atoms with Crippen LogP contribution in [0, 0.1) is 0 Å². The minimum absolute atomic E-state index is 0.0464. The summed E-state index contributed by atoms with van der Waals surface area (Å²) in [7, 11) is 0. The fourth-order valence-corrected chi connectivity index (χ4v) is 4.27. The lowest BCUT2D eigenvalue weighted by molar-refractivity contribution is -0.142. The van der Waals surface area contributed by atoms with Crippen LogP contribution < -0.4 is 0 Å². The van der Waals surface area contributed by atoms with Crippen LogP contribution in [0.1, 0.15) is 157 Å². The van der Waals surface area contributed by atoms with Crippen molar-refractivity contribution in [1.82, 2.24) is 0 Å². The number of carbonyl (C=O) groups excluding carboxylic acids is 1. The van der Waals surface area contributed by atoms with Crippen molar-refractivity contribution >= 4 is 5.97 Å². The van der Waals surface area contributed by atoms with Gasteiger partial charge in [0.05, 0.1) is 0 Å². The number of unbranched alkanes of at least 4 members (excludes halogenated alkanes) is 10. The molecule has 2 heteroatoms. The van der Waals surface area contributed by atoms with Crippen LogP contribution >= 0.6 is 0 Å². The Balaban J connectivity index is 3.76. The predicted molar refractivity (Wildman–Crippen MR) is 160 cm³/mol. The van der Waals surface area contributed by atoms with E-state index in [9.17, 15) is 4.79 Å². The Kier molecular flexibility index (Phi) is 24.0. The third-order valence-corrected chi connectivity index (χ3v) is 6.81. The molecule has 2 nitrogen and oxygen atoms in total. The number of allylic oxidation sites excluding steroid dienone is 7. The van der Waals surface area contributed by atoms with Gasteiger partial charge in [0.1, 0.15) is 6.61 Å². The number of esters is 1. The van der Waals surface area contributed by atoms with Crippen LogP contribution in [0.15, 0.2) is 46.6 Å². The summed E-state index contributed by atoms with van der Waals surface area (Å²) < 4.78 is 5.41. The van der Waals surface area contributed by atoms with Gasteiger partial charge < -0.3 is 4.74 Å². The van der Waals surface area contributed by atoms with Crippen LogP contribution in [0.4, 0.5) is 0 Å². The zero-order chi connectivity index (χ0) is 26.9. The summed E-state index contributed by atoms with van der Waals surface area (Å²) in [5.74, 6) is -0.0464. The first-order chi connectivity index (χ1) is 17.3. The smallest absolute Gasteiger partial charge is 0.306 e. The van der Waals surface area contributed by atoms with Crippen LogP contribution in [0.5, 0.6) is 0 Å². The van der Waals surface area contributed by atoms with E-state index in [1.54, 1.807) is 0 Å².